The molecule has 0 saturated heterocycles. The third kappa shape index (κ3) is 7.01. The Kier molecular flexibility index (Phi) is 9.18. The lowest BCUT2D eigenvalue weighted by molar-refractivity contribution is 0.0952. The zero-order valence-corrected chi connectivity index (χ0v) is 17.2. The third-order valence-corrected chi connectivity index (χ3v) is 5.12. The van der Waals surface area contributed by atoms with Crippen LogP contribution in [0.15, 0.2) is 12.1 Å². The molecule has 0 atom stereocenters. The van der Waals surface area contributed by atoms with Crippen LogP contribution in [0.5, 0.6) is 11.5 Å². The Balaban J connectivity index is 2.73. The first-order chi connectivity index (χ1) is 12.2. The maximum atomic E-state index is 12.3. The van der Waals surface area contributed by atoms with Gasteiger partial charge in [-0.15, -0.1) is 0 Å². The maximum absolute atomic E-state index is 12.3. The molecule has 0 fully saturated rings. The van der Waals surface area contributed by atoms with Crippen LogP contribution in [0.2, 0.25) is 5.02 Å². The second-order valence-corrected chi connectivity index (χ2v) is 8.26. The van der Waals surface area contributed by atoms with Gasteiger partial charge in [0.05, 0.1) is 24.5 Å². The van der Waals surface area contributed by atoms with Gasteiger partial charge in [0.25, 0.3) is 5.91 Å². The minimum Gasteiger partial charge on any atom is -0.490 e. The lowest BCUT2D eigenvalue weighted by Gasteiger charge is -2.15. The molecule has 0 bridgehead atoms. The number of carbonyl (C=O) groups is 1. The fourth-order valence-corrected chi connectivity index (χ4v) is 2.80. The van der Waals surface area contributed by atoms with E-state index in [0.29, 0.717) is 54.8 Å². The lowest BCUT2D eigenvalue weighted by Crippen LogP contribution is -2.31. The van der Waals surface area contributed by atoms with Crippen LogP contribution in [-0.2, 0) is 10.0 Å². The monoisotopic (exact) mass is 406 g/mol. The number of hydrogen-bond acceptors (Lipinski definition) is 5. The van der Waals surface area contributed by atoms with Crippen LogP contribution >= 0.6 is 11.6 Å². The Morgan fingerprint density at radius 2 is 1.96 bits per heavy atom. The van der Waals surface area contributed by atoms with E-state index >= 15 is 0 Å². The van der Waals surface area contributed by atoms with Crippen molar-refractivity contribution in [3.63, 3.8) is 0 Å². The van der Waals surface area contributed by atoms with Gasteiger partial charge in [-0.3, -0.25) is 4.79 Å². The first-order valence-corrected chi connectivity index (χ1v) is 10.7. The first-order valence-electron chi connectivity index (χ1n) is 8.49. The molecule has 1 N–H and O–H groups in total. The van der Waals surface area contributed by atoms with E-state index in [1.807, 2.05) is 13.8 Å². The van der Waals surface area contributed by atoms with Crippen LogP contribution < -0.4 is 14.8 Å². The summed E-state index contributed by atoms with van der Waals surface area (Å²) < 4.78 is 35.0. The summed E-state index contributed by atoms with van der Waals surface area (Å²) in [6, 6.07) is 3.13. The molecule has 1 aromatic rings. The number of halogens is 1. The van der Waals surface area contributed by atoms with Crippen molar-refractivity contribution in [3.8, 4) is 11.5 Å². The van der Waals surface area contributed by atoms with Crippen molar-refractivity contribution in [1.29, 1.82) is 0 Å². The molecule has 9 heteroatoms. The summed E-state index contributed by atoms with van der Waals surface area (Å²) >= 11 is 6.24. The van der Waals surface area contributed by atoms with E-state index in [9.17, 15) is 13.2 Å². The molecule has 1 amide bonds. The van der Waals surface area contributed by atoms with Gasteiger partial charge in [0, 0.05) is 25.7 Å². The van der Waals surface area contributed by atoms with Crippen molar-refractivity contribution in [1.82, 2.24) is 9.62 Å². The zero-order chi connectivity index (χ0) is 19.7. The lowest BCUT2D eigenvalue weighted by atomic mass is 10.2. The number of sulfonamides is 1. The van der Waals surface area contributed by atoms with Crippen LogP contribution in [0.25, 0.3) is 0 Å². The van der Waals surface area contributed by atoms with E-state index in [0.717, 1.165) is 12.7 Å². The predicted molar refractivity (Wildman–Crippen MR) is 103 cm³/mol. The average molecular weight is 407 g/mol. The van der Waals surface area contributed by atoms with Gasteiger partial charge in [-0.2, -0.15) is 0 Å². The molecule has 1 aromatic carbocycles. The molecule has 7 nitrogen and oxygen atoms in total. The quantitative estimate of drug-likeness (QED) is 0.571. The number of amides is 1. The highest BCUT2D eigenvalue weighted by Gasteiger charge is 2.16. The summed E-state index contributed by atoms with van der Waals surface area (Å²) in [5.41, 5.74) is 0.360. The number of benzene rings is 1. The number of carbonyl (C=O) groups excluding carboxylic acids is 1. The third-order valence-electron chi connectivity index (χ3n) is 3.52. The van der Waals surface area contributed by atoms with Crippen LogP contribution in [0.3, 0.4) is 0 Å². The molecule has 148 valence electrons. The summed E-state index contributed by atoms with van der Waals surface area (Å²) in [4.78, 5) is 12.3. The van der Waals surface area contributed by atoms with Crippen LogP contribution in [0.1, 0.15) is 37.0 Å². The second kappa shape index (κ2) is 10.6. The molecule has 0 heterocycles. The predicted octanol–water partition coefficient (Wildman–Crippen LogP) is 2.54. The fraction of sp³-hybridized carbons (Fsp3) is 0.588. The minimum atomic E-state index is -3.21. The summed E-state index contributed by atoms with van der Waals surface area (Å²) in [7, 11) is -1.71. The molecule has 0 aliphatic heterocycles. The highest BCUT2D eigenvalue weighted by Crippen LogP contribution is 2.36. The fourth-order valence-electron chi connectivity index (χ4n) is 2.08. The van der Waals surface area contributed by atoms with E-state index < -0.39 is 10.0 Å². The molecule has 0 aliphatic rings. The standard InChI is InChI=1S/C17H27ClN2O5S/c1-5-10-25-16-14(18)11-13(12-15(16)24-6-2)17(21)19-8-7-9-20(3)26(4,22)23/h11-12H,5-10H2,1-4H3,(H,19,21). The Morgan fingerprint density at radius 3 is 2.54 bits per heavy atom. The van der Waals surface area contributed by atoms with Gasteiger partial charge >= 0.3 is 0 Å². The topological polar surface area (TPSA) is 84.9 Å². The summed E-state index contributed by atoms with van der Waals surface area (Å²) in [6.07, 6.45) is 2.47. The largest absolute Gasteiger partial charge is 0.490 e. The Labute approximate surface area is 160 Å². The number of nitrogens with zero attached hydrogens (tertiary/aromatic N) is 1. The summed E-state index contributed by atoms with van der Waals surface area (Å²) in [6.45, 7) is 5.41. The molecule has 0 spiro atoms. The highest BCUT2D eigenvalue weighted by molar-refractivity contribution is 7.88. The smallest absolute Gasteiger partial charge is 0.251 e. The normalized spacial score (nSPS) is 11.5. The van der Waals surface area contributed by atoms with E-state index in [4.69, 9.17) is 21.1 Å². The highest BCUT2D eigenvalue weighted by atomic mass is 35.5. The Bertz CT molecular complexity index is 709. The van der Waals surface area contributed by atoms with Crippen molar-refractivity contribution >= 4 is 27.5 Å². The molecule has 0 radical (unpaired) electrons. The van der Waals surface area contributed by atoms with Gasteiger partial charge in [0.1, 0.15) is 0 Å². The van der Waals surface area contributed by atoms with Gasteiger partial charge in [0.2, 0.25) is 10.0 Å². The van der Waals surface area contributed by atoms with E-state index in [1.165, 1.54) is 17.4 Å². The van der Waals surface area contributed by atoms with Crippen molar-refractivity contribution < 1.29 is 22.7 Å². The van der Waals surface area contributed by atoms with Gasteiger partial charge in [-0.1, -0.05) is 18.5 Å². The SMILES string of the molecule is CCCOc1c(Cl)cc(C(=O)NCCCN(C)S(C)(=O)=O)cc1OCC. The van der Waals surface area contributed by atoms with E-state index in [2.05, 4.69) is 5.32 Å². The molecule has 1 rings (SSSR count). The first kappa shape index (κ1) is 22.5. The Morgan fingerprint density at radius 1 is 1.27 bits per heavy atom. The van der Waals surface area contributed by atoms with Gasteiger partial charge in [-0.25, -0.2) is 12.7 Å². The maximum Gasteiger partial charge on any atom is 0.251 e. The molecule has 0 saturated carbocycles. The van der Waals surface area contributed by atoms with Crippen LogP contribution in [0.4, 0.5) is 0 Å². The molecule has 0 aliphatic carbocycles. The number of rotatable bonds is 11. The summed E-state index contributed by atoms with van der Waals surface area (Å²) in [5.74, 6) is 0.550. The molecule has 0 aromatic heterocycles. The zero-order valence-electron chi connectivity index (χ0n) is 15.7. The van der Waals surface area contributed by atoms with Crippen molar-refractivity contribution in [2.24, 2.45) is 0 Å². The molecule has 26 heavy (non-hydrogen) atoms. The number of ether oxygens (including phenoxy) is 2. The van der Waals surface area contributed by atoms with Crippen molar-refractivity contribution in [2.45, 2.75) is 26.7 Å². The number of nitrogens with one attached hydrogen (secondary N) is 1. The van der Waals surface area contributed by atoms with Crippen molar-refractivity contribution in [2.75, 3.05) is 39.6 Å². The molecular weight excluding hydrogens is 380 g/mol. The Hall–Kier alpha value is -1.51. The van der Waals surface area contributed by atoms with Crippen LogP contribution in [0, 0.1) is 0 Å². The summed E-state index contributed by atoms with van der Waals surface area (Å²) in [5, 5.41) is 3.06. The van der Waals surface area contributed by atoms with Gasteiger partial charge < -0.3 is 14.8 Å². The minimum absolute atomic E-state index is 0.308. The average Bonchev–Trinajstić information content (AvgIpc) is 2.56. The van der Waals surface area contributed by atoms with Crippen molar-refractivity contribution in [3.05, 3.63) is 22.7 Å². The van der Waals surface area contributed by atoms with Gasteiger partial charge in [0.15, 0.2) is 11.5 Å². The van der Waals surface area contributed by atoms with Crippen LogP contribution in [-0.4, -0.2) is 58.2 Å². The van der Waals surface area contributed by atoms with E-state index in [-0.39, 0.29) is 5.91 Å². The second-order valence-electron chi connectivity index (χ2n) is 5.76. The number of hydrogen-bond donors (Lipinski definition) is 1. The van der Waals surface area contributed by atoms with Gasteiger partial charge in [-0.05, 0) is 31.9 Å². The molecular formula is C17H27ClN2O5S. The molecule has 0 unspecified atom stereocenters. The van der Waals surface area contributed by atoms with E-state index in [1.54, 1.807) is 6.07 Å².